The lowest BCUT2D eigenvalue weighted by molar-refractivity contribution is 0.198. The molecule has 0 saturated heterocycles. The Balaban J connectivity index is 2.50. The Labute approximate surface area is 110 Å². The van der Waals surface area contributed by atoms with Crippen molar-refractivity contribution < 1.29 is 14.6 Å². The van der Waals surface area contributed by atoms with Gasteiger partial charge in [-0.3, -0.25) is 0 Å². The predicted octanol–water partition coefficient (Wildman–Crippen LogP) is 1.56. The lowest BCUT2D eigenvalue weighted by Crippen LogP contribution is -2.18. The highest BCUT2D eigenvalue weighted by Gasteiger charge is 2.02. The second kappa shape index (κ2) is 8.47. The van der Waals surface area contributed by atoms with Gasteiger partial charge in [0.2, 0.25) is 0 Å². The van der Waals surface area contributed by atoms with E-state index in [4.69, 9.17) is 14.6 Å². The van der Waals surface area contributed by atoms with Gasteiger partial charge in [0, 0.05) is 24.7 Å². The SMILES string of the molecule is COCCNCc1cc(OCCO)ccc1Br. The van der Waals surface area contributed by atoms with Crippen molar-refractivity contribution in [2.45, 2.75) is 6.54 Å². The van der Waals surface area contributed by atoms with Gasteiger partial charge in [-0.25, -0.2) is 0 Å². The second-order valence-corrected chi connectivity index (χ2v) is 4.35. The van der Waals surface area contributed by atoms with Crippen LogP contribution in [0.15, 0.2) is 22.7 Å². The van der Waals surface area contributed by atoms with E-state index in [1.807, 2.05) is 18.2 Å². The molecule has 0 unspecified atom stereocenters. The van der Waals surface area contributed by atoms with Crippen LogP contribution in [0.3, 0.4) is 0 Å². The van der Waals surface area contributed by atoms with Crippen molar-refractivity contribution in [2.24, 2.45) is 0 Å². The average molecular weight is 304 g/mol. The molecule has 0 heterocycles. The number of aliphatic hydroxyl groups excluding tert-OH is 1. The molecule has 0 bridgehead atoms. The molecule has 0 aliphatic rings. The molecule has 4 nitrogen and oxygen atoms in total. The summed E-state index contributed by atoms with van der Waals surface area (Å²) in [6, 6.07) is 5.78. The molecule has 0 aliphatic heterocycles. The molecule has 0 atom stereocenters. The van der Waals surface area contributed by atoms with Crippen LogP contribution in [-0.2, 0) is 11.3 Å². The standard InChI is InChI=1S/C12H18BrNO3/c1-16-6-4-14-9-10-8-11(17-7-5-15)2-3-12(10)13/h2-3,8,14-15H,4-7,9H2,1H3. The summed E-state index contributed by atoms with van der Waals surface area (Å²) in [5, 5.41) is 12.0. The first kappa shape index (κ1) is 14.4. The monoisotopic (exact) mass is 303 g/mol. The summed E-state index contributed by atoms with van der Waals surface area (Å²) < 4.78 is 11.4. The van der Waals surface area contributed by atoms with Crippen molar-refractivity contribution in [2.75, 3.05) is 33.5 Å². The number of hydrogen-bond acceptors (Lipinski definition) is 4. The van der Waals surface area contributed by atoms with Crippen LogP contribution in [0.5, 0.6) is 5.75 Å². The predicted molar refractivity (Wildman–Crippen MR) is 70.3 cm³/mol. The number of aliphatic hydroxyl groups is 1. The second-order valence-electron chi connectivity index (χ2n) is 3.49. The Hall–Kier alpha value is -0.620. The van der Waals surface area contributed by atoms with Crippen LogP contribution >= 0.6 is 15.9 Å². The Morgan fingerprint density at radius 1 is 1.35 bits per heavy atom. The van der Waals surface area contributed by atoms with Crippen LogP contribution < -0.4 is 10.1 Å². The molecule has 0 radical (unpaired) electrons. The van der Waals surface area contributed by atoms with Gasteiger partial charge in [-0.05, 0) is 23.8 Å². The fraction of sp³-hybridized carbons (Fsp3) is 0.500. The third-order valence-corrected chi connectivity index (χ3v) is 2.95. The molecule has 1 aromatic carbocycles. The Bertz CT molecular complexity index is 334. The summed E-state index contributed by atoms with van der Waals surface area (Å²) in [5.41, 5.74) is 1.12. The van der Waals surface area contributed by atoms with Gasteiger partial charge in [0.05, 0.1) is 13.2 Å². The van der Waals surface area contributed by atoms with Gasteiger partial charge in [0.1, 0.15) is 12.4 Å². The maximum atomic E-state index is 8.69. The maximum absolute atomic E-state index is 8.69. The summed E-state index contributed by atoms with van der Waals surface area (Å²) >= 11 is 3.49. The lowest BCUT2D eigenvalue weighted by Gasteiger charge is -2.10. The first-order valence-electron chi connectivity index (χ1n) is 5.49. The quantitative estimate of drug-likeness (QED) is 0.716. The fourth-order valence-corrected chi connectivity index (χ4v) is 1.72. The van der Waals surface area contributed by atoms with Crippen LogP contribution in [0, 0.1) is 0 Å². The van der Waals surface area contributed by atoms with E-state index in [1.54, 1.807) is 7.11 Å². The number of hydrogen-bond donors (Lipinski definition) is 2. The molecule has 0 saturated carbocycles. The molecule has 0 amide bonds. The van der Waals surface area contributed by atoms with Gasteiger partial charge in [-0.15, -0.1) is 0 Å². The van der Waals surface area contributed by atoms with Gasteiger partial charge in [-0.1, -0.05) is 15.9 Å². The van der Waals surface area contributed by atoms with E-state index in [1.165, 1.54) is 0 Å². The summed E-state index contributed by atoms with van der Waals surface area (Å²) in [7, 11) is 1.68. The molecule has 17 heavy (non-hydrogen) atoms. The van der Waals surface area contributed by atoms with E-state index in [-0.39, 0.29) is 6.61 Å². The molecule has 0 aliphatic carbocycles. The van der Waals surface area contributed by atoms with Crippen molar-refractivity contribution in [1.29, 1.82) is 0 Å². The maximum Gasteiger partial charge on any atom is 0.119 e. The van der Waals surface area contributed by atoms with E-state index in [0.717, 1.165) is 28.9 Å². The minimum atomic E-state index is 0.0253. The number of rotatable bonds is 8. The highest BCUT2D eigenvalue weighted by molar-refractivity contribution is 9.10. The topological polar surface area (TPSA) is 50.7 Å². The minimum Gasteiger partial charge on any atom is -0.491 e. The summed E-state index contributed by atoms with van der Waals surface area (Å²) in [6.07, 6.45) is 0. The molecule has 2 N–H and O–H groups in total. The van der Waals surface area contributed by atoms with Crippen LogP contribution in [-0.4, -0.2) is 38.6 Å². The van der Waals surface area contributed by atoms with Gasteiger partial charge < -0.3 is 19.9 Å². The Morgan fingerprint density at radius 2 is 2.18 bits per heavy atom. The molecule has 96 valence electrons. The zero-order valence-corrected chi connectivity index (χ0v) is 11.5. The molecular formula is C12H18BrNO3. The van der Waals surface area contributed by atoms with Gasteiger partial charge >= 0.3 is 0 Å². The average Bonchev–Trinajstić information content (AvgIpc) is 2.35. The van der Waals surface area contributed by atoms with Crippen molar-refractivity contribution in [3.8, 4) is 5.75 Å². The summed E-state index contributed by atoms with van der Waals surface area (Å²) in [5.74, 6) is 0.769. The van der Waals surface area contributed by atoms with Crippen molar-refractivity contribution >= 4 is 15.9 Å². The van der Waals surface area contributed by atoms with Crippen molar-refractivity contribution in [3.05, 3.63) is 28.2 Å². The van der Waals surface area contributed by atoms with Crippen LogP contribution in [0.25, 0.3) is 0 Å². The minimum absolute atomic E-state index is 0.0253. The fourth-order valence-electron chi connectivity index (χ4n) is 1.34. The van der Waals surface area contributed by atoms with E-state index >= 15 is 0 Å². The van der Waals surface area contributed by atoms with E-state index in [0.29, 0.717) is 13.2 Å². The van der Waals surface area contributed by atoms with Crippen molar-refractivity contribution in [1.82, 2.24) is 5.32 Å². The molecule has 0 fully saturated rings. The van der Waals surface area contributed by atoms with Crippen molar-refractivity contribution in [3.63, 3.8) is 0 Å². The lowest BCUT2D eigenvalue weighted by atomic mass is 10.2. The highest BCUT2D eigenvalue weighted by atomic mass is 79.9. The normalized spacial score (nSPS) is 10.5. The van der Waals surface area contributed by atoms with Gasteiger partial charge in [0.25, 0.3) is 0 Å². The van der Waals surface area contributed by atoms with Crippen LogP contribution in [0.2, 0.25) is 0 Å². The molecule has 1 aromatic rings. The summed E-state index contributed by atoms with van der Waals surface area (Å²) in [4.78, 5) is 0. The third kappa shape index (κ3) is 5.50. The Morgan fingerprint density at radius 3 is 2.88 bits per heavy atom. The Kier molecular flexibility index (Phi) is 7.19. The van der Waals surface area contributed by atoms with Gasteiger partial charge in [0.15, 0.2) is 0 Å². The first-order valence-corrected chi connectivity index (χ1v) is 6.29. The number of nitrogens with one attached hydrogen (secondary N) is 1. The highest BCUT2D eigenvalue weighted by Crippen LogP contribution is 2.22. The number of halogens is 1. The molecule has 1 rings (SSSR count). The van der Waals surface area contributed by atoms with Crippen LogP contribution in [0.4, 0.5) is 0 Å². The summed E-state index contributed by atoms with van der Waals surface area (Å²) in [6.45, 7) is 2.60. The van der Waals surface area contributed by atoms with E-state index < -0.39 is 0 Å². The largest absolute Gasteiger partial charge is 0.491 e. The first-order chi connectivity index (χ1) is 8.27. The number of methoxy groups -OCH3 is 1. The number of benzene rings is 1. The van der Waals surface area contributed by atoms with E-state index in [9.17, 15) is 0 Å². The third-order valence-electron chi connectivity index (χ3n) is 2.18. The van der Waals surface area contributed by atoms with Crippen LogP contribution in [0.1, 0.15) is 5.56 Å². The van der Waals surface area contributed by atoms with E-state index in [2.05, 4.69) is 21.2 Å². The molecule has 0 aromatic heterocycles. The zero-order chi connectivity index (χ0) is 12.5. The van der Waals surface area contributed by atoms with Gasteiger partial charge in [-0.2, -0.15) is 0 Å². The molecule has 0 spiro atoms. The molecular weight excluding hydrogens is 286 g/mol. The zero-order valence-electron chi connectivity index (χ0n) is 9.91. The smallest absolute Gasteiger partial charge is 0.119 e. The number of ether oxygens (including phenoxy) is 2. The molecule has 5 heteroatoms.